The maximum Gasteiger partial charge on any atom is 0.244 e. The summed E-state index contributed by atoms with van der Waals surface area (Å²) in [4.78, 5) is 25.8. The standard InChI is InChI=1S/C19H22N2O2/c1-14-8-7-11-18(12-14)20-19(23)13-21(16(3)22)15(2)17-9-5-4-6-10-17/h4-12,15H,13H2,1-3H3,(H,20,23). The highest BCUT2D eigenvalue weighted by molar-refractivity contribution is 5.94. The number of hydrogen-bond donors (Lipinski definition) is 1. The van der Waals surface area contributed by atoms with Crippen molar-refractivity contribution in [2.75, 3.05) is 11.9 Å². The van der Waals surface area contributed by atoms with Crippen molar-refractivity contribution in [2.24, 2.45) is 0 Å². The zero-order valence-electron chi connectivity index (χ0n) is 13.7. The molecule has 0 spiro atoms. The van der Waals surface area contributed by atoms with E-state index in [-0.39, 0.29) is 24.4 Å². The summed E-state index contributed by atoms with van der Waals surface area (Å²) in [5.41, 5.74) is 2.82. The Labute approximate surface area is 137 Å². The first-order valence-corrected chi connectivity index (χ1v) is 7.66. The summed E-state index contributed by atoms with van der Waals surface area (Å²) in [6, 6.07) is 17.1. The predicted molar refractivity (Wildman–Crippen MR) is 92.1 cm³/mol. The molecule has 0 aliphatic rings. The quantitative estimate of drug-likeness (QED) is 0.918. The normalized spacial score (nSPS) is 11.6. The summed E-state index contributed by atoms with van der Waals surface area (Å²) >= 11 is 0. The maximum absolute atomic E-state index is 12.3. The molecule has 4 nitrogen and oxygen atoms in total. The molecule has 0 saturated carbocycles. The molecule has 0 aliphatic carbocycles. The Morgan fingerprint density at radius 1 is 1.09 bits per heavy atom. The molecular weight excluding hydrogens is 288 g/mol. The number of carbonyl (C=O) groups excluding carboxylic acids is 2. The van der Waals surface area contributed by atoms with Crippen LogP contribution in [0.2, 0.25) is 0 Å². The Balaban J connectivity index is 2.07. The summed E-state index contributed by atoms with van der Waals surface area (Å²) in [5.74, 6) is -0.325. The number of amides is 2. The molecule has 0 saturated heterocycles. The van der Waals surface area contributed by atoms with Gasteiger partial charge < -0.3 is 10.2 Å². The smallest absolute Gasteiger partial charge is 0.244 e. The van der Waals surface area contributed by atoms with E-state index in [9.17, 15) is 9.59 Å². The Bertz CT molecular complexity index is 683. The van der Waals surface area contributed by atoms with Crippen molar-refractivity contribution < 1.29 is 9.59 Å². The molecule has 1 atom stereocenters. The van der Waals surface area contributed by atoms with Crippen LogP contribution in [0, 0.1) is 6.92 Å². The van der Waals surface area contributed by atoms with Crippen molar-refractivity contribution in [1.29, 1.82) is 0 Å². The average molecular weight is 310 g/mol. The van der Waals surface area contributed by atoms with Gasteiger partial charge in [0.25, 0.3) is 0 Å². The monoisotopic (exact) mass is 310 g/mol. The van der Waals surface area contributed by atoms with Crippen LogP contribution in [0.1, 0.15) is 31.0 Å². The second-order valence-corrected chi connectivity index (χ2v) is 5.65. The molecular formula is C19H22N2O2. The fraction of sp³-hybridized carbons (Fsp3) is 0.263. The van der Waals surface area contributed by atoms with Crippen LogP contribution in [-0.4, -0.2) is 23.3 Å². The molecule has 2 rings (SSSR count). The highest BCUT2D eigenvalue weighted by atomic mass is 16.2. The van der Waals surface area contributed by atoms with Gasteiger partial charge in [-0.05, 0) is 37.1 Å². The molecule has 0 fully saturated rings. The van der Waals surface area contributed by atoms with E-state index in [2.05, 4.69) is 5.32 Å². The Hall–Kier alpha value is -2.62. The van der Waals surface area contributed by atoms with Crippen LogP contribution in [0.15, 0.2) is 54.6 Å². The second-order valence-electron chi connectivity index (χ2n) is 5.65. The number of anilines is 1. The van der Waals surface area contributed by atoms with Gasteiger partial charge in [0.2, 0.25) is 11.8 Å². The summed E-state index contributed by atoms with van der Waals surface area (Å²) < 4.78 is 0. The Kier molecular flexibility index (Phi) is 5.52. The third-order valence-corrected chi connectivity index (χ3v) is 3.77. The number of carbonyl (C=O) groups is 2. The second kappa shape index (κ2) is 7.58. The molecule has 0 bridgehead atoms. The lowest BCUT2D eigenvalue weighted by Gasteiger charge is -2.28. The zero-order chi connectivity index (χ0) is 16.8. The molecule has 120 valence electrons. The topological polar surface area (TPSA) is 49.4 Å². The van der Waals surface area contributed by atoms with E-state index in [1.807, 2.05) is 68.4 Å². The molecule has 0 radical (unpaired) electrons. The zero-order valence-corrected chi connectivity index (χ0v) is 13.7. The fourth-order valence-electron chi connectivity index (χ4n) is 2.51. The lowest BCUT2D eigenvalue weighted by atomic mass is 10.1. The molecule has 0 aliphatic heterocycles. The molecule has 4 heteroatoms. The summed E-state index contributed by atoms with van der Waals surface area (Å²) in [5, 5.41) is 2.84. The molecule has 1 unspecified atom stereocenters. The highest BCUT2D eigenvalue weighted by Gasteiger charge is 2.21. The summed E-state index contributed by atoms with van der Waals surface area (Å²) in [6.45, 7) is 5.41. The number of rotatable bonds is 5. The van der Waals surface area contributed by atoms with Crippen LogP contribution in [0.4, 0.5) is 5.69 Å². The van der Waals surface area contributed by atoms with Crippen molar-refractivity contribution in [1.82, 2.24) is 4.90 Å². The van der Waals surface area contributed by atoms with Crippen molar-refractivity contribution in [2.45, 2.75) is 26.8 Å². The number of aryl methyl sites for hydroxylation is 1. The van der Waals surface area contributed by atoms with Crippen LogP contribution in [-0.2, 0) is 9.59 Å². The number of nitrogens with one attached hydrogen (secondary N) is 1. The third kappa shape index (κ3) is 4.68. The highest BCUT2D eigenvalue weighted by Crippen LogP contribution is 2.20. The number of benzene rings is 2. The largest absolute Gasteiger partial charge is 0.327 e. The maximum atomic E-state index is 12.3. The van der Waals surface area contributed by atoms with Crippen molar-refractivity contribution >= 4 is 17.5 Å². The lowest BCUT2D eigenvalue weighted by molar-refractivity contribution is -0.134. The molecule has 2 aromatic rings. The van der Waals surface area contributed by atoms with Gasteiger partial charge in [-0.3, -0.25) is 9.59 Å². The van der Waals surface area contributed by atoms with Crippen molar-refractivity contribution in [3.8, 4) is 0 Å². The van der Waals surface area contributed by atoms with Gasteiger partial charge in [-0.15, -0.1) is 0 Å². The minimum Gasteiger partial charge on any atom is -0.327 e. The van der Waals surface area contributed by atoms with Gasteiger partial charge in [0, 0.05) is 12.6 Å². The lowest BCUT2D eigenvalue weighted by Crippen LogP contribution is -2.38. The fourth-order valence-corrected chi connectivity index (χ4v) is 2.51. The van der Waals surface area contributed by atoms with E-state index in [4.69, 9.17) is 0 Å². The van der Waals surface area contributed by atoms with Crippen molar-refractivity contribution in [3.63, 3.8) is 0 Å². The van der Waals surface area contributed by atoms with Crippen LogP contribution in [0.25, 0.3) is 0 Å². The van der Waals surface area contributed by atoms with Crippen LogP contribution in [0.5, 0.6) is 0 Å². The predicted octanol–water partition coefficient (Wildman–Crippen LogP) is 3.54. The first-order valence-electron chi connectivity index (χ1n) is 7.66. The van der Waals surface area contributed by atoms with E-state index < -0.39 is 0 Å². The van der Waals surface area contributed by atoms with Gasteiger partial charge >= 0.3 is 0 Å². The van der Waals surface area contributed by atoms with Gasteiger partial charge in [0.1, 0.15) is 6.54 Å². The van der Waals surface area contributed by atoms with Gasteiger partial charge in [-0.2, -0.15) is 0 Å². The van der Waals surface area contributed by atoms with E-state index in [1.54, 1.807) is 4.90 Å². The first kappa shape index (κ1) is 16.7. The van der Waals surface area contributed by atoms with E-state index in [0.29, 0.717) is 0 Å². The Morgan fingerprint density at radius 3 is 2.39 bits per heavy atom. The number of hydrogen-bond acceptors (Lipinski definition) is 2. The SMILES string of the molecule is CC(=O)N(CC(=O)Nc1cccc(C)c1)C(C)c1ccccc1. The third-order valence-electron chi connectivity index (χ3n) is 3.77. The van der Waals surface area contributed by atoms with Crippen LogP contribution in [0.3, 0.4) is 0 Å². The van der Waals surface area contributed by atoms with Gasteiger partial charge in [-0.1, -0.05) is 42.5 Å². The minimum absolute atomic E-state index is 0.0271. The van der Waals surface area contributed by atoms with Crippen LogP contribution < -0.4 is 5.32 Å². The molecule has 0 aromatic heterocycles. The molecule has 1 N–H and O–H groups in total. The average Bonchev–Trinajstić information content (AvgIpc) is 2.52. The van der Waals surface area contributed by atoms with E-state index in [0.717, 1.165) is 16.8 Å². The molecule has 23 heavy (non-hydrogen) atoms. The minimum atomic E-state index is -0.200. The molecule has 2 aromatic carbocycles. The summed E-state index contributed by atoms with van der Waals surface area (Å²) in [6.07, 6.45) is 0. The van der Waals surface area contributed by atoms with Crippen LogP contribution >= 0.6 is 0 Å². The van der Waals surface area contributed by atoms with Gasteiger partial charge in [0.15, 0.2) is 0 Å². The van der Waals surface area contributed by atoms with Crippen molar-refractivity contribution in [3.05, 3.63) is 65.7 Å². The molecule has 2 amide bonds. The van der Waals surface area contributed by atoms with Gasteiger partial charge in [-0.25, -0.2) is 0 Å². The Morgan fingerprint density at radius 2 is 1.78 bits per heavy atom. The summed E-state index contributed by atoms with van der Waals surface area (Å²) in [7, 11) is 0. The van der Waals surface area contributed by atoms with E-state index >= 15 is 0 Å². The van der Waals surface area contributed by atoms with Gasteiger partial charge in [0.05, 0.1) is 6.04 Å². The number of nitrogens with zero attached hydrogens (tertiary/aromatic N) is 1. The van der Waals surface area contributed by atoms with E-state index in [1.165, 1.54) is 6.92 Å². The molecule has 0 heterocycles. The first-order chi connectivity index (χ1) is 11.0.